The van der Waals surface area contributed by atoms with Gasteiger partial charge < -0.3 is 19.5 Å². The number of carbonyl (C=O) groups excluding carboxylic acids is 2. The molecule has 0 saturated heterocycles. The van der Waals surface area contributed by atoms with Gasteiger partial charge in [0.1, 0.15) is 21.2 Å². The number of amides is 2. The van der Waals surface area contributed by atoms with Crippen LogP contribution in [-0.4, -0.2) is 62.0 Å². The van der Waals surface area contributed by atoms with E-state index in [1.807, 2.05) is 19.1 Å². The largest absolute Gasteiger partial charge is 0.491 e. The number of anilines is 1. The Balaban J connectivity index is 1.46. The van der Waals surface area contributed by atoms with E-state index in [2.05, 4.69) is 32.1 Å². The van der Waals surface area contributed by atoms with Gasteiger partial charge in [0, 0.05) is 36.9 Å². The number of hydrogen-bond acceptors (Lipinski definition) is 8. The molecule has 4 aliphatic rings. The van der Waals surface area contributed by atoms with Crippen LogP contribution in [0.5, 0.6) is 11.6 Å². The van der Waals surface area contributed by atoms with Crippen molar-refractivity contribution in [2.24, 2.45) is 29.2 Å². The summed E-state index contributed by atoms with van der Waals surface area (Å²) in [5, 5.41) is 15.9. The number of methoxy groups -OCH3 is 1. The normalized spacial score (nSPS) is 28.9. The molecular weight excluding hydrogens is 678 g/mol. The minimum absolute atomic E-state index is 0.0492. The molecule has 1 aliphatic carbocycles. The van der Waals surface area contributed by atoms with Crippen LogP contribution in [0.4, 0.5) is 5.69 Å². The Bertz CT molecular complexity index is 1890. The monoisotopic (exact) mass is 725 g/mol. The van der Waals surface area contributed by atoms with Crippen LogP contribution in [0.1, 0.15) is 91.1 Å². The lowest BCUT2D eigenvalue weighted by Gasteiger charge is -2.52. The minimum atomic E-state index is -3.68. The zero-order valence-corrected chi connectivity index (χ0v) is 31.1. The molecule has 1 unspecified atom stereocenters. The molecule has 1 fully saturated rings. The van der Waals surface area contributed by atoms with Gasteiger partial charge in [-0.1, -0.05) is 37.9 Å². The summed E-state index contributed by atoms with van der Waals surface area (Å²) in [5.74, 6) is -0.607. The highest BCUT2D eigenvalue weighted by molar-refractivity contribution is 7.93. The molecule has 13 heteroatoms. The van der Waals surface area contributed by atoms with E-state index in [9.17, 15) is 18.9 Å². The number of nitrogens with zero attached hydrogens (tertiary/aromatic N) is 4. The number of nitrogens with one attached hydrogen (secondary N) is 1. The van der Waals surface area contributed by atoms with Crippen LogP contribution in [-0.2, 0) is 29.9 Å². The molecular formula is C37H48ClN5O6S. The number of hydrogen-bond donors (Lipinski definition) is 2. The van der Waals surface area contributed by atoms with Crippen molar-refractivity contribution in [3.8, 4) is 11.6 Å². The van der Waals surface area contributed by atoms with Crippen molar-refractivity contribution in [3.05, 3.63) is 69.9 Å². The van der Waals surface area contributed by atoms with Crippen molar-refractivity contribution in [1.29, 1.82) is 0 Å². The summed E-state index contributed by atoms with van der Waals surface area (Å²) in [4.78, 5) is 29.9. The Hall–Kier alpha value is -3.61. The standard InChI is InChI=1S/C37H48ClN5O6S/c1-23-9-8-15-37(46)19-29(24(37)2)21-43-20-28-11-13-30(38)17-26(28)10-6-7-16-49-33-14-12-27(18-32(33)43)34(44)40-50(47,25(23)3)41-35(45)31-22-42(4)39-36(31)48-5/h11-14,17-18,22-25,29,46H,6-10,15-16,19-21H2,1-5H3,(H,40,41,44,45,47)/t23-,24+,25+,29-,37-,50?/m0/s1. The zero-order chi connectivity index (χ0) is 35.8. The van der Waals surface area contributed by atoms with Crippen molar-refractivity contribution < 1.29 is 28.4 Å². The van der Waals surface area contributed by atoms with E-state index in [1.54, 1.807) is 32.2 Å². The number of halogens is 1. The minimum Gasteiger partial charge on any atom is -0.491 e. The molecule has 4 bridgehead atoms. The van der Waals surface area contributed by atoms with E-state index >= 15 is 0 Å². The van der Waals surface area contributed by atoms with E-state index in [-0.39, 0.29) is 34.8 Å². The highest BCUT2D eigenvalue weighted by atomic mass is 35.5. The fourth-order valence-corrected chi connectivity index (χ4v) is 9.69. The first-order valence-electron chi connectivity index (χ1n) is 17.5. The van der Waals surface area contributed by atoms with Crippen LogP contribution >= 0.6 is 11.6 Å². The first kappa shape index (κ1) is 36.2. The van der Waals surface area contributed by atoms with Gasteiger partial charge in [0.25, 0.3) is 11.8 Å². The predicted molar refractivity (Wildman–Crippen MR) is 194 cm³/mol. The molecule has 2 aromatic carbocycles. The summed E-state index contributed by atoms with van der Waals surface area (Å²) in [6.07, 6.45) is 6.71. The maximum atomic E-state index is 14.8. The van der Waals surface area contributed by atoms with Crippen molar-refractivity contribution in [2.45, 2.75) is 83.1 Å². The smallest absolute Gasteiger partial charge is 0.286 e. The van der Waals surface area contributed by atoms with E-state index < -0.39 is 32.6 Å². The molecule has 4 heterocycles. The highest BCUT2D eigenvalue weighted by Crippen LogP contribution is 2.48. The van der Waals surface area contributed by atoms with Crippen molar-refractivity contribution >= 4 is 39.0 Å². The number of aliphatic hydroxyl groups is 1. The summed E-state index contributed by atoms with van der Waals surface area (Å²) < 4.78 is 34.8. The Morgan fingerprint density at radius 2 is 1.94 bits per heavy atom. The molecule has 7 rings (SSSR count). The van der Waals surface area contributed by atoms with Crippen molar-refractivity contribution in [1.82, 2.24) is 14.5 Å². The summed E-state index contributed by atoms with van der Waals surface area (Å²) in [7, 11) is -0.633. The number of carbonyl (C=O) groups is 2. The van der Waals surface area contributed by atoms with Gasteiger partial charge in [-0.15, -0.1) is 9.46 Å². The van der Waals surface area contributed by atoms with Gasteiger partial charge in [-0.25, -0.2) is 4.21 Å². The molecule has 6 atom stereocenters. The molecule has 3 aromatic rings. The Labute approximate surface area is 300 Å². The van der Waals surface area contributed by atoms with E-state index in [1.165, 1.54) is 23.6 Å². The third-order valence-corrected chi connectivity index (χ3v) is 13.7. The van der Waals surface area contributed by atoms with E-state index in [0.717, 1.165) is 30.5 Å². The number of aryl methyl sites for hydroxylation is 2. The Morgan fingerprint density at radius 3 is 2.70 bits per heavy atom. The number of benzene rings is 2. The summed E-state index contributed by atoms with van der Waals surface area (Å²) in [6.45, 7) is 7.51. The fourth-order valence-electron chi connectivity index (χ4n) is 7.60. The van der Waals surface area contributed by atoms with Crippen LogP contribution < -0.4 is 19.1 Å². The second-order valence-electron chi connectivity index (χ2n) is 14.3. The molecule has 2 amide bonds. The van der Waals surface area contributed by atoms with Gasteiger partial charge >= 0.3 is 0 Å². The lowest BCUT2D eigenvalue weighted by atomic mass is 9.60. The number of ether oxygens (including phenoxy) is 2. The van der Waals surface area contributed by atoms with Crippen LogP contribution in [0.2, 0.25) is 5.02 Å². The molecule has 3 aliphatic heterocycles. The molecule has 1 saturated carbocycles. The molecule has 2 N–H and O–H groups in total. The van der Waals surface area contributed by atoms with Gasteiger partial charge in [-0.3, -0.25) is 19.0 Å². The predicted octanol–water partition coefficient (Wildman–Crippen LogP) is 6.35. The summed E-state index contributed by atoms with van der Waals surface area (Å²) in [5.41, 5.74) is 2.55. The van der Waals surface area contributed by atoms with Crippen LogP contribution in [0, 0.1) is 17.8 Å². The molecule has 50 heavy (non-hydrogen) atoms. The van der Waals surface area contributed by atoms with Gasteiger partial charge in [0.15, 0.2) is 0 Å². The van der Waals surface area contributed by atoms with E-state index in [4.69, 9.17) is 21.1 Å². The maximum Gasteiger partial charge on any atom is 0.286 e. The van der Waals surface area contributed by atoms with Crippen LogP contribution in [0.25, 0.3) is 0 Å². The maximum absolute atomic E-state index is 14.8. The lowest BCUT2D eigenvalue weighted by Crippen LogP contribution is -2.56. The topological polar surface area (TPSA) is 135 Å². The second kappa shape index (κ2) is 14.6. The Kier molecular flexibility index (Phi) is 10.5. The van der Waals surface area contributed by atoms with E-state index in [0.29, 0.717) is 56.2 Å². The molecule has 0 radical (unpaired) electrons. The van der Waals surface area contributed by atoms with Crippen molar-refractivity contribution in [3.63, 3.8) is 0 Å². The SMILES string of the molecule is COc1nn(C)cc1C(=O)NS1(=O)=NC(=O)c2ccc3c(c2)N(Cc2ccc(Cl)cc2CCCCO3)C[C@@H]2C[C@@](O)(CCC[C@H](C)[C@H]1C)[C@@H]2C. The number of fused-ring (bicyclic) bond motifs is 7. The van der Waals surface area contributed by atoms with Crippen molar-refractivity contribution in [2.75, 3.05) is 25.2 Å². The van der Waals surface area contributed by atoms with Crippen LogP contribution in [0.3, 0.4) is 0 Å². The van der Waals surface area contributed by atoms with Gasteiger partial charge in [-0.2, -0.15) is 0 Å². The first-order chi connectivity index (χ1) is 23.8. The fraction of sp³-hybridized carbons (Fsp3) is 0.541. The average Bonchev–Trinajstić information content (AvgIpc) is 3.46. The van der Waals surface area contributed by atoms with Gasteiger partial charge in [0.2, 0.25) is 5.88 Å². The van der Waals surface area contributed by atoms with Gasteiger partial charge in [0.05, 0.1) is 30.3 Å². The average molecular weight is 726 g/mol. The molecule has 0 spiro atoms. The number of rotatable bonds is 3. The van der Waals surface area contributed by atoms with Crippen LogP contribution in [0.15, 0.2) is 47.0 Å². The Morgan fingerprint density at radius 1 is 1.14 bits per heavy atom. The lowest BCUT2D eigenvalue weighted by molar-refractivity contribution is -0.134. The summed E-state index contributed by atoms with van der Waals surface area (Å²) in [6, 6.07) is 11.2. The first-order valence-corrected chi connectivity index (χ1v) is 19.5. The van der Waals surface area contributed by atoms with Gasteiger partial charge in [-0.05, 0) is 105 Å². The third kappa shape index (κ3) is 7.38. The highest BCUT2D eigenvalue weighted by Gasteiger charge is 2.50. The quantitative estimate of drug-likeness (QED) is 0.319. The summed E-state index contributed by atoms with van der Waals surface area (Å²) >= 11 is 6.44. The molecule has 11 nitrogen and oxygen atoms in total. The second-order valence-corrected chi connectivity index (χ2v) is 17.0. The zero-order valence-electron chi connectivity index (χ0n) is 29.5. The molecule has 270 valence electrons. The molecule has 1 aromatic heterocycles. The third-order valence-electron chi connectivity index (χ3n) is 11.1. The number of aromatic nitrogens is 2.